The molecule has 5 heteroatoms. The lowest BCUT2D eigenvalue weighted by Crippen LogP contribution is -2.39. The number of nitrogens with zero attached hydrogens (tertiary/aromatic N) is 1. The summed E-state index contributed by atoms with van der Waals surface area (Å²) in [5, 5.41) is 3.32. The standard InChI is InChI=1S/C16H26N2O2S/c1-4-18(12-15-7-9-17-10-8-15)21(19,20)16-6-5-13(2)11-14(16)3/h5-6,11,15,17H,4,7-10,12H2,1-3H3. The molecule has 1 aromatic carbocycles. The number of benzene rings is 1. The molecule has 1 aromatic rings. The minimum absolute atomic E-state index is 0.448. The molecule has 0 amide bonds. The van der Waals surface area contributed by atoms with E-state index in [0.717, 1.165) is 37.1 Å². The van der Waals surface area contributed by atoms with Gasteiger partial charge in [0.25, 0.3) is 0 Å². The Labute approximate surface area is 128 Å². The summed E-state index contributed by atoms with van der Waals surface area (Å²) in [5.41, 5.74) is 1.92. The lowest BCUT2D eigenvalue weighted by molar-refractivity contribution is 0.294. The van der Waals surface area contributed by atoms with Crippen LogP contribution in [0.25, 0.3) is 0 Å². The second-order valence-corrected chi connectivity index (χ2v) is 7.82. The maximum atomic E-state index is 12.9. The summed E-state index contributed by atoms with van der Waals surface area (Å²) in [6, 6.07) is 5.55. The zero-order valence-corrected chi connectivity index (χ0v) is 14.0. The number of rotatable bonds is 5. The van der Waals surface area contributed by atoms with E-state index in [0.29, 0.717) is 23.9 Å². The molecule has 1 N–H and O–H groups in total. The highest BCUT2D eigenvalue weighted by atomic mass is 32.2. The molecule has 0 atom stereocenters. The van der Waals surface area contributed by atoms with Gasteiger partial charge in [-0.3, -0.25) is 0 Å². The van der Waals surface area contributed by atoms with Crippen LogP contribution >= 0.6 is 0 Å². The van der Waals surface area contributed by atoms with E-state index < -0.39 is 10.0 Å². The molecule has 0 unspecified atom stereocenters. The summed E-state index contributed by atoms with van der Waals surface area (Å²) in [5.74, 6) is 0.465. The van der Waals surface area contributed by atoms with Crippen LogP contribution < -0.4 is 5.32 Å². The van der Waals surface area contributed by atoms with Gasteiger partial charge in [0.15, 0.2) is 0 Å². The van der Waals surface area contributed by atoms with E-state index in [4.69, 9.17) is 0 Å². The molecular weight excluding hydrogens is 284 g/mol. The second-order valence-electron chi connectivity index (χ2n) is 5.92. The molecule has 1 aliphatic heterocycles. The van der Waals surface area contributed by atoms with Crippen molar-refractivity contribution in [1.29, 1.82) is 0 Å². The van der Waals surface area contributed by atoms with E-state index in [1.807, 2.05) is 32.9 Å². The Kier molecular flexibility index (Phi) is 5.41. The van der Waals surface area contributed by atoms with Crippen molar-refractivity contribution in [2.45, 2.75) is 38.5 Å². The van der Waals surface area contributed by atoms with Crippen LogP contribution in [0.3, 0.4) is 0 Å². The van der Waals surface area contributed by atoms with Crippen LogP contribution in [-0.4, -0.2) is 38.9 Å². The summed E-state index contributed by atoms with van der Waals surface area (Å²) in [6.45, 7) is 8.92. The molecule has 2 rings (SSSR count). The van der Waals surface area contributed by atoms with Crippen LogP contribution in [0.1, 0.15) is 30.9 Å². The second kappa shape index (κ2) is 6.90. The van der Waals surface area contributed by atoms with Gasteiger partial charge in [-0.15, -0.1) is 0 Å². The Bertz CT molecular complexity index is 578. The normalized spacial score (nSPS) is 17.3. The van der Waals surface area contributed by atoms with E-state index in [-0.39, 0.29) is 0 Å². The average molecular weight is 310 g/mol. The molecule has 4 nitrogen and oxygen atoms in total. The van der Waals surface area contributed by atoms with Crippen molar-refractivity contribution < 1.29 is 8.42 Å². The van der Waals surface area contributed by atoms with Crippen molar-refractivity contribution in [2.75, 3.05) is 26.2 Å². The maximum Gasteiger partial charge on any atom is 0.243 e. The SMILES string of the molecule is CCN(CC1CCNCC1)S(=O)(=O)c1ccc(C)cc1C. The predicted molar refractivity (Wildman–Crippen MR) is 85.9 cm³/mol. The molecule has 0 bridgehead atoms. The van der Waals surface area contributed by atoms with Crippen LogP contribution in [0.4, 0.5) is 0 Å². The average Bonchev–Trinajstić information content (AvgIpc) is 2.45. The van der Waals surface area contributed by atoms with Crippen LogP contribution in [-0.2, 0) is 10.0 Å². The van der Waals surface area contributed by atoms with E-state index in [1.54, 1.807) is 10.4 Å². The van der Waals surface area contributed by atoms with Crippen molar-refractivity contribution in [1.82, 2.24) is 9.62 Å². The highest BCUT2D eigenvalue weighted by molar-refractivity contribution is 7.89. The molecule has 1 saturated heterocycles. The monoisotopic (exact) mass is 310 g/mol. The van der Waals surface area contributed by atoms with Gasteiger partial charge in [-0.2, -0.15) is 4.31 Å². The maximum absolute atomic E-state index is 12.9. The third kappa shape index (κ3) is 3.84. The molecule has 0 radical (unpaired) electrons. The zero-order chi connectivity index (χ0) is 15.5. The smallest absolute Gasteiger partial charge is 0.243 e. The number of nitrogens with one attached hydrogen (secondary N) is 1. The Morgan fingerprint density at radius 3 is 2.48 bits per heavy atom. The van der Waals surface area contributed by atoms with E-state index in [1.165, 1.54) is 0 Å². The minimum atomic E-state index is -3.39. The molecule has 0 saturated carbocycles. The molecule has 1 heterocycles. The van der Waals surface area contributed by atoms with Crippen LogP contribution in [0.5, 0.6) is 0 Å². The largest absolute Gasteiger partial charge is 0.317 e. The lowest BCUT2D eigenvalue weighted by Gasteiger charge is -2.29. The molecule has 21 heavy (non-hydrogen) atoms. The molecule has 0 aliphatic carbocycles. The fraction of sp³-hybridized carbons (Fsp3) is 0.625. The van der Waals surface area contributed by atoms with E-state index in [9.17, 15) is 8.42 Å². The number of sulfonamides is 1. The molecule has 1 fully saturated rings. The van der Waals surface area contributed by atoms with E-state index >= 15 is 0 Å². The fourth-order valence-corrected chi connectivity index (χ4v) is 4.71. The van der Waals surface area contributed by atoms with E-state index in [2.05, 4.69) is 5.32 Å². The summed E-state index contributed by atoms with van der Waals surface area (Å²) in [7, 11) is -3.39. The highest BCUT2D eigenvalue weighted by Gasteiger charge is 2.27. The Hall–Kier alpha value is -0.910. The van der Waals surface area contributed by atoms with Crippen LogP contribution in [0, 0.1) is 19.8 Å². The van der Waals surface area contributed by atoms with Gasteiger partial charge in [-0.25, -0.2) is 8.42 Å². The van der Waals surface area contributed by atoms with Crippen LogP contribution in [0.2, 0.25) is 0 Å². The molecule has 1 aliphatic rings. The first-order chi connectivity index (χ1) is 9.95. The number of piperidine rings is 1. The van der Waals surface area contributed by atoms with Crippen molar-refractivity contribution in [2.24, 2.45) is 5.92 Å². The molecule has 0 aromatic heterocycles. The first-order valence-electron chi connectivity index (χ1n) is 7.73. The topological polar surface area (TPSA) is 49.4 Å². The Balaban J connectivity index is 2.22. The number of hydrogen-bond acceptors (Lipinski definition) is 3. The summed E-state index contributed by atoms with van der Waals surface area (Å²) < 4.78 is 27.4. The van der Waals surface area contributed by atoms with Gasteiger partial charge in [0, 0.05) is 13.1 Å². The highest BCUT2D eigenvalue weighted by Crippen LogP contribution is 2.23. The first kappa shape index (κ1) is 16.5. The Morgan fingerprint density at radius 1 is 1.24 bits per heavy atom. The summed E-state index contributed by atoms with van der Waals surface area (Å²) in [4.78, 5) is 0.448. The third-order valence-corrected chi connectivity index (χ3v) is 6.32. The first-order valence-corrected chi connectivity index (χ1v) is 9.17. The molecular formula is C16H26N2O2S. The minimum Gasteiger partial charge on any atom is -0.317 e. The van der Waals surface area contributed by atoms with Gasteiger partial charge in [0.05, 0.1) is 4.90 Å². The van der Waals surface area contributed by atoms with Gasteiger partial charge in [0.1, 0.15) is 0 Å². The van der Waals surface area contributed by atoms with Gasteiger partial charge in [-0.1, -0.05) is 24.6 Å². The predicted octanol–water partition coefficient (Wildman–Crippen LogP) is 2.31. The van der Waals surface area contributed by atoms with Gasteiger partial charge in [-0.05, 0) is 57.3 Å². The lowest BCUT2D eigenvalue weighted by atomic mass is 9.98. The summed E-state index contributed by atoms with van der Waals surface area (Å²) >= 11 is 0. The number of hydrogen-bond donors (Lipinski definition) is 1. The van der Waals surface area contributed by atoms with Crippen molar-refractivity contribution in [3.63, 3.8) is 0 Å². The third-order valence-electron chi connectivity index (χ3n) is 4.22. The van der Waals surface area contributed by atoms with Crippen LogP contribution in [0.15, 0.2) is 23.1 Å². The molecule has 0 spiro atoms. The molecule has 118 valence electrons. The zero-order valence-electron chi connectivity index (χ0n) is 13.2. The fourth-order valence-electron chi connectivity index (χ4n) is 2.98. The van der Waals surface area contributed by atoms with Crippen molar-refractivity contribution >= 4 is 10.0 Å². The van der Waals surface area contributed by atoms with Gasteiger partial charge < -0.3 is 5.32 Å². The van der Waals surface area contributed by atoms with Crippen molar-refractivity contribution in [3.8, 4) is 0 Å². The summed E-state index contributed by atoms with van der Waals surface area (Å²) in [6.07, 6.45) is 2.11. The van der Waals surface area contributed by atoms with Crippen molar-refractivity contribution in [3.05, 3.63) is 29.3 Å². The Morgan fingerprint density at radius 2 is 1.90 bits per heavy atom. The van der Waals surface area contributed by atoms with Gasteiger partial charge >= 0.3 is 0 Å². The number of aryl methyl sites for hydroxylation is 2. The van der Waals surface area contributed by atoms with Gasteiger partial charge in [0.2, 0.25) is 10.0 Å². The quantitative estimate of drug-likeness (QED) is 0.908.